The van der Waals surface area contributed by atoms with Gasteiger partial charge in [-0.1, -0.05) is 0 Å². The van der Waals surface area contributed by atoms with Crippen molar-refractivity contribution in [1.29, 1.82) is 0 Å². The van der Waals surface area contributed by atoms with Crippen molar-refractivity contribution in [3.63, 3.8) is 0 Å². The van der Waals surface area contributed by atoms with Gasteiger partial charge in [0.25, 0.3) is 0 Å². The smallest absolute Gasteiger partial charge is 0.378 e. The molecule has 0 aromatic carbocycles. The van der Waals surface area contributed by atoms with Gasteiger partial charge in [-0.3, -0.25) is 9.59 Å². The Morgan fingerprint density at radius 2 is 1.35 bits per heavy atom. The molecule has 98 valence electrons. The van der Waals surface area contributed by atoms with E-state index >= 15 is 0 Å². The van der Waals surface area contributed by atoms with E-state index in [1.807, 2.05) is 0 Å². The molecule has 6 heteroatoms. The van der Waals surface area contributed by atoms with Gasteiger partial charge in [-0.15, -0.1) is 0 Å². The van der Waals surface area contributed by atoms with Gasteiger partial charge >= 0.3 is 17.5 Å². The summed E-state index contributed by atoms with van der Waals surface area (Å²) in [5.74, 6) is -6.31. The van der Waals surface area contributed by atoms with Gasteiger partial charge in [-0.2, -0.15) is 0 Å². The second kappa shape index (κ2) is 5.88. The minimum Gasteiger partial charge on any atom is -0.475 e. The number of hydrogen-bond donors (Lipinski definition) is 1. The van der Waals surface area contributed by atoms with E-state index in [4.69, 9.17) is 14.6 Å². The fourth-order valence-electron chi connectivity index (χ4n) is 1.27. The summed E-state index contributed by atoms with van der Waals surface area (Å²) in [5.41, 5.74) is 0. The number of carbonyl (C=O) groups excluding carboxylic acids is 2. The van der Waals surface area contributed by atoms with Crippen LogP contribution in [0.2, 0.25) is 0 Å². The van der Waals surface area contributed by atoms with Gasteiger partial charge in [0, 0.05) is 6.92 Å². The predicted molar refractivity (Wildman–Crippen MR) is 58.5 cm³/mol. The zero-order chi connectivity index (χ0) is 13.8. The number of carboxylic acid groups (broad SMARTS) is 1. The van der Waals surface area contributed by atoms with Gasteiger partial charge in [0.15, 0.2) is 5.78 Å². The molecule has 0 aliphatic heterocycles. The van der Waals surface area contributed by atoms with Crippen LogP contribution >= 0.6 is 0 Å². The maximum absolute atomic E-state index is 11.6. The van der Waals surface area contributed by atoms with Crippen molar-refractivity contribution in [3.8, 4) is 0 Å². The molecule has 0 amide bonds. The van der Waals surface area contributed by atoms with Crippen LogP contribution in [0.25, 0.3) is 0 Å². The number of carbonyl (C=O) groups is 3. The first-order valence-corrected chi connectivity index (χ1v) is 5.28. The van der Waals surface area contributed by atoms with E-state index in [-0.39, 0.29) is 0 Å². The Morgan fingerprint density at radius 1 is 1.00 bits per heavy atom. The number of Topliss-reactive ketones (excluding diaryl/α,β-unsaturated/α-hetero) is 2. The van der Waals surface area contributed by atoms with Gasteiger partial charge in [0.05, 0.1) is 12.2 Å². The van der Waals surface area contributed by atoms with Crippen molar-refractivity contribution in [1.82, 2.24) is 0 Å². The van der Waals surface area contributed by atoms with E-state index in [0.29, 0.717) is 0 Å². The summed E-state index contributed by atoms with van der Waals surface area (Å²) >= 11 is 0. The summed E-state index contributed by atoms with van der Waals surface area (Å²) in [7, 11) is 0. The maximum Gasteiger partial charge on any atom is 0.378 e. The molecule has 0 spiro atoms. The zero-order valence-corrected chi connectivity index (χ0v) is 10.6. The van der Waals surface area contributed by atoms with Crippen molar-refractivity contribution in [2.45, 2.75) is 52.6 Å². The van der Waals surface area contributed by atoms with E-state index in [1.165, 1.54) is 0 Å². The minimum atomic E-state index is -2.35. The lowest BCUT2D eigenvalue weighted by atomic mass is 10.1. The van der Waals surface area contributed by atoms with Gasteiger partial charge < -0.3 is 14.6 Å². The van der Waals surface area contributed by atoms with E-state index in [0.717, 1.165) is 6.92 Å². The van der Waals surface area contributed by atoms with Crippen LogP contribution in [0.3, 0.4) is 0 Å². The molecule has 0 saturated carbocycles. The third-order valence-corrected chi connectivity index (χ3v) is 1.76. The Bertz CT molecular complexity index is 308. The van der Waals surface area contributed by atoms with E-state index in [1.54, 1.807) is 27.7 Å². The summed E-state index contributed by atoms with van der Waals surface area (Å²) in [5, 5.41) is 8.73. The molecule has 0 aliphatic rings. The molecule has 0 radical (unpaired) electrons. The monoisotopic (exact) mass is 246 g/mol. The Balaban J connectivity index is 5.46. The highest BCUT2D eigenvalue weighted by atomic mass is 16.7. The first kappa shape index (κ1) is 15.7. The number of hydrogen-bond acceptors (Lipinski definition) is 5. The fourth-order valence-corrected chi connectivity index (χ4v) is 1.27. The number of ether oxygens (including phenoxy) is 2. The quantitative estimate of drug-likeness (QED) is 0.405. The highest BCUT2D eigenvalue weighted by molar-refractivity contribution is 6.40. The molecule has 0 heterocycles. The third kappa shape index (κ3) is 3.90. The first-order valence-electron chi connectivity index (χ1n) is 5.28. The molecule has 0 aliphatic carbocycles. The zero-order valence-electron chi connectivity index (χ0n) is 10.6. The molecular weight excluding hydrogens is 228 g/mol. The molecule has 0 rings (SSSR count). The largest absolute Gasteiger partial charge is 0.475 e. The van der Waals surface area contributed by atoms with Gasteiger partial charge in [0.1, 0.15) is 0 Å². The number of aliphatic carboxylic acids is 1. The van der Waals surface area contributed by atoms with Crippen molar-refractivity contribution < 1.29 is 29.0 Å². The van der Waals surface area contributed by atoms with Gasteiger partial charge in [0.2, 0.25) is 0 Å². The van der Waals surface area contributed by atoms with Crippen LogP contribution < -0.4 is 0 Å². The molecule has 0 atom stereocenters. The molecule has 0 bridgehead atoms. The predicted octanol–water partition coefficient (Wildman–Crippen LogP) is 0.775. The lowest BCUT2D eigenvalue weighted by molar-refractivity contribution is -0.244. The Morgan fingerprint density at radius 3 is 1.53 bits per heavy atom. The molecule has 1 N–H and O–H groups in total. The lowest BCUT2D eigenvalue weighted by Gasteiger charge is -2.31. The molecule has 0 unspecified atom stereocenters. The molecular formula is C11H18O6. The second-order valence-corrected chi connectivity index (χ2v) is 4.14. The van der Waals surface area contributed by atoms with E-state index in [9.17, 15) is 14.4 Å². The van der Waals surface area contributed by atoms with Gasteiger partial charge in [-0.25, -0.2) is 4.79 Å². The van der Waals surface area contributed by atoms with Crippen LogP contribution in [0, 0.1) is 0 Å². The Hall–Kier alpha value is -1.27. The van der Waals surface area contributed by atoms with Crippen LogP contribution in [-0.4, -0.2) is 40.6 Å². The van der Waals surface area contributed by atoms with Crippen molar-refractivity contribution in [2.24, 2.45) is 0 Å². The molecule has 0 saturated heterocycles. The van der Waals surface area contributed by atoms with Crippen molar-refractivity contribution >= 4 is 17.5 Å². The summed E-state index contributed by atoms with van der Waals surface area (Å²) in [6, 6.07) is 0. The second-order valence-electron chi connectivity index (χ2n) is 4.14. The standard InChI is InChI=1S/C11H18O6/c1-6(2)16-11(8(5)12,17-7(3)4)9(13)10(14)15/h6-7H,1-5H3,(H,14,15). The topological polar surface area (TPSA) is 89.9 Å². The van der Waals surface area contributed by atoms with Crippen LogP contribution in [0.4, 0.5) is 0 Å². The summed E-state index contributed by atoms with van der Waals surface area (Å²) < 4.78 is 10.3. The van der Waals surface area contributed by atoms with E-state index in [2.05, 4.69) is 0 Å². The molecule has 17 heavy (non-hydrogen) atoms. The van der Waals surface area contributed by atoms with Crippen LogP contribution in [0.1, 0.15) is 34.6 Å². The molecule has 6 nitrogen and oxygen atoms in total. The maximum atomic E-state index is 11.6. The molecule has 0 aromatic rings. The molecule has 0 fully saturated rings. The average Bonchev–Trinajstić information content (AvgIpc) is 2.13. The number of ketones is 2. The highest BCUT2D eigenvalue weighted by Crippen LogP contribution is 2.21. The normalized spacial score (nSPS) is 11.9. The third-order valence-electron chi connectivity index (χ3n) is 1.76. The van der Waals surface area contributed by atoms with Gasteiger partial charge in [-0.05, 0) is 27.7 Å². The number of carboxylic acids is 1. The Labute approximate surface area is 99.9 Å². The number of rotatable bonds is 7. The highest BCUT2D eigenvalue weighted by Gasteiger charge is 2.51. The van der Waals surface area contributed by atoms with Crippen LogP contribution in [-0.2, 0) is 23.9 Å². The average molecular weight is 246 g/mol. The van der Waals surface area contributed by atoms with Crippen molar-refractivity contribution in [2.75, 3.05) is 0 Å². The summed E-state index contributed by atoms with van der Waals surface area (Å²) in [4.78, 5) is 33.9. The first-order chi connectivity index (χ1) is 7.63. The van der Waals surface area contributed by atoms with E-state index < -0.39 is 35.5 Å². The summed E-state index contributed by atoms with van der Waals surface area (Å²) in [6.45, 7) is 7.38. The SMILES string of the molecule is CC(=O)C(OC(C)C)(OC(C)C)C(=O)C(=O)O. The van der Waals surface area contributed by atoms with Crippen molar-refractivity contribution in [3.05, 3.63) is 0 Å². The summed E-state index contributed by atoms with van der Waals surface area (Å²) in [6.07, 6.45) is -1.05. The minimum absolute atomic E-state index is 0.527. The van der Waals surface area contributed by atoms with Crippen LogP contribution in [0.15, 0.2) is 0 Å². The fraction of sp³-hybridized carbons (Fsp3) is 0.727. The Kier molecular flexibility index (Phi) is 5.44. The lowest BCUT2D eigenvalue weighted by Crippen LogP contribution is -2.55. The molecule has 0 aromatic heterocycles. The van der Waals surface area contributed by atoms with Crippen LogP contribution in [0.5, 0.6) is 0 Å².